The zero-order chi connectivity index (χ0) is 11.4. The van der Waals surface area contributed by atoms with Gasteiger partial charge in [0.2, 0.25) is 0 Å². The Morgan fingerprint density at radius 2 is 2.25 bits per heavy atom. The Balaban J connectivity index is 2.08. The molecule has 0 spiro atoms. The third-order valence-corrected chi connectivity index (χ3v) is 2.58. The van der Waals surface area contributed by atoms with Gasteiger partial charge in [-0.1, -0.05) is 11.6 Å². The Morgan fingerprint density at radius 3 is 2.94 bits per heavy atom. The number of rotatable bonds is 3. The molecular formula is C12H10ClN3. The minimum atomic E-state index is 0.481. The SMILES string of the molecule is N#Cc1cc(NCc2cc[nH]c2)ccc1Cl. The lowest BCUT2D eigenvalue weighted by Gasteiger charge is -2.05. The summed E-state index contributed by atoms with van der Waals surface area (Å²) in [5.41, 5.74) is 2.54. The molecule has 0 amide bonds. The molecule has 1 aromatic carbocycles. The van der Waals surface area contributed by atoms with E-state index < -0.39 is 0 Å². The molecule has 1 heterocycles. The third-order valence-electron chi connectivity index (χ3n) is 2.25. The summed E-state index contributed by atoms with van der Waals surface area (Å²) < 4.78 is 0. The van der Waals surface area contributed by atoms with Crippen molar-refractivity contribution in [2.75, 3.05) is 5.32 Å². The Labute approximate surface area is 98.7 Å². The summed E-state index contributed by atoms with van der Waals surface area (Å²) in [7, 11) is 0. The van der Waals surface area contributed by atoms with Crippen molar-refractivity contribution in [1.29, 1.82) is 5.26 Å². The largest absolute Gasteiger partial charge is 0.381 e. The van der Waals surface area contributed by atoms with Crippen LogP contribution in [0.3, 0.4) is 0 Å². The molecule has 2 aromatic rings. The number of anilines is 1. The lowest BCUT2D eigenvalue weighted by Crippen LogP contribution is -1.98. The van der Waals surface area contributed by atoms with Gasteiger partial charge in [-0.05, 0) is 29.8 Å². The molecule has 4 heteroatoms. The van der Waals surface area contributed by atoms with E-state index in [0.717, 1.165) is 17.8 Å². The molecule has 2 rings (SSSR count). The van der Waals surface area contributed by atoms with Gasteiger partial charge in [0.25, 0.3) is 0 Å². The molecule has 2 N–H and O–H groups in total. The van der Waals surface area contributed by atoms with Gasteiger partial charge in [-0.2, -0.15) is 5.26 Å². The highest BCUT2D eigenvalue weighted by Crippen LogP contribution is 2.20. The van der Waals surface area contributed by atoms with Crippen LogP contribution in [0.2, 0.25) is 5.02 Å². The van der Waals surface area contributed by atoms with E-state index in [-0.39, 0.29) is 0 Å². The molecule has 0 saturated heterocycles. The maximum atomic E-state index is 8.83. The van der Waals surface area contributed by atoms with Gasteiger partial charge in [-0.3, -0.25) is 0 Å². The molecule has 0 aliphatic carbocycles. The van der Waals surface area contributed by atoms with Crippen LogP contribution >= 0.6 is 11.6 Å². The summed E-state index contributed by atoms with van der Waals surface area (Å²) in [5.74, 6) is 0. The third kappa shape index (κ3) is 2.36. The summed E-state index contributed by atoms with van der Waals surface area (Å²) in [4.78, 5) is 2.98. The number of nitriles is 1. The van der Waals surface area contributed by atoms with E-state index in [9.17, 15) is 0 Å². The lowest BCUT2D eigenvalue weighted by molar-refractivity contribution is 1.15. The van der Waals surface area contributed by atoms with Crippen LogP contribution < -0.4 is 5.32 Å². The van der Waals surface area contributed by atoms with E-state index in [1.807, 2.05) is 24.5 Å². The first kappa shape index (κ1) is 10.6. The normalized spacial score (nSPS) is 9.75. The van der Waals surface area contributed by atoms with E-state index in [1.165, 1.54) is 0 Å². The van der Waals surface area contributed by atoms with Crippen LogP contribution in [0.4, 0.5) is 5.69 Å². The van der Waals surface area contributed by atoms with Crippen molar-refractivity contribution in [3.63, 3.8) is 0 Å². The number of hydrogen-bond donors (Lipinski definition) is 2. The fraction of sp³-hybridized carbons (Fsp3) is 0.0833. The number of benzene rings is 1. The molecule has 80 valence electrons. The fourth-order valence-corrected chi connectivity index (χ4v) is 1.55. The molecular weight excluding hydrogens is 222 g/mol. The maximum Gasteiger partial charge on any atom is 0.101 e. The predicted octanol–water partition coefficient (Wildman–Crippen LogP) is 3.15. The highest BCUT2D eigenvalue weighted by molar-refractivity contribution is 6.31. The van der Waals surface area contributed by atoms with Crippen LogP contribution in [0.25, 0.3) is 0 Å². The van der Waals surface area contributed by atoms with Crippen LogP contribution in [0.1, 0.15) is 11.1 Å². The molecule has 3 nitrogen and oxygen atoms in total. The first-order valence-electron chi connectivity index (χ1n) is 4.85. The summed E-state index contributed by atoms with van der Waals surface area (Å²) in [6.45, 7) is 0.718. The molecule has 0 unspecified atom stereocenters. The van der Waals surface area contributed by atoms with Crippen molar-refractivity contribution in [3.05, 3.63) is 52.8 Å². The smallest absolute Gasteiger partial charge is 0.101 e. The molecule has 0 bridgehead atoms. The zero-order valence-corrected chi connectivity index (χ0v) is 9.25. The number of halogens is 1. The van der Waals surface area contributed by atoms with E-state index in [4.69, 9.17) is 16.9 Å². The minimum absolute atomic E-state index is 0.481. The summed E-state index contributed by atoms with van der Waals surface area (Å²) in [6.07, 6.45) is 3.80. The van der Waals surface area contributed by atoms with Crippen molar-refractivity contribution in [2.24, 2.45) is 0 Å². The number of nitrogens with zero attached hydrogens (tertiary/aromatic N) is 1. The number of aromatic amines is 1. The van der Waals surface area contributed by atoms with Crippen LogP contribution in [-0.2, 0) is 6.54 Å². The molecule has 0 aliphatic rings. The quantitative estimate of drug-likeness (QED) is 0.853. The molecule has 16 heavy (non-hydrogen) atoms. The summed E-state index contributed by atoms with van der Waals surface area (Å²) in [5, 5.41) is 12.5. The lowest BCUT2D eigenvalue weighted by atomic mass is 10.2. The van der Waals surface area contributed by atoms with Crippen molar-refractivity contribution in [2.45, 2.75) is 6.54 Å². The average Bonchev–Trinajstić information content (AvgIpc) is 2.81. The van der Waals surface area contributed by atoms with Gasteiger partial charge in [-0.15, -0.1) is 0 Å². The Morgan fingerprint density at radius 1 is 1.38 bits per heavy atom. The van der Waals surface area contributed by atoms with E-state index >= 15 is 0 Å². The predicted molar refractivity (Wildman–Crippen MR) is 64.3 cm³/mol. The molecule has 0 radical (unpaired) electrons. The van der Waals surface area contributed by atoms with Gasteiger partial charge in [0.1, 0.15) is 6.07 Å². The zero-order valence-electron chi connectivity index (χ0n) is 8.50. The van der Waals surface area contributed by atoms with E-state index in [2.05, 4.69) is 16.4 Å². The second-order valence-corrected chi connectivity index (χ2v) is 3.79. The number of aromatic nitrogens is 1. The Kier molecular flexibility index (Phi) is 3.13. The molecule has 0 saturated carbocycles. The fourth-order valence-electron chi connectivity index (χ4n) is 1.39. The molecule has 1 aromatic heterocycles. The standard InChI is InChI=1S/C12H10ClN3/c13-12-2-1-11(5-10(12)6-14)16-8-9-3-4-15-7-9/h1-5,7,15-16H,8H2. The molecule has 0 aliphatic heterocycles. The van der Waals surface area contributed by atoms with E-state index in [0.29, 0.717) is 10.6 Å². The second-order valence-electron chi connectivity index (χ2n) is 3.38. The topological polar surface area (TPSA) is 51.6 Å². The van der Waals surface area contributed by atoms with E-state index in [1.54, 1.807) is 12.1 Å². The second kappa shape index (κ2) is 4.73. The monoisotopic (exact) mass is 231 g/mol. The van der Waals surface area contributed by atoms with Gasteiger partial charge in [-0.25, -0.2) is 0 Å². The van der Waals surface area contributed by atoms with Gasteiger partial charge in [0.15, 0.2) is 0 Å². The van der Waals surface area contributed by atoms with Crippen molar-refractivity contribution in [1.82, 2.24) is 4.98 Å². The number of nitrogens with one attached hydrogen (secondary N) is 2. The van der Waals surface area contributed by atoms with Crippen LogP contribution in [0, 0.1) is 11.3 Å². The maximum absolute atomic E-state index is 8.83. The summed E-state index contributed by atoms with van der Waals surface area (Å²) in [6, 6.07) is 9.37. The molecule has 0 fully saturated rings. The highest BCUT2D eigenvalue weighted by atomic mass is 35.5. The number of hydrogen-bond acceptors (Lipinski definition) is 2. The Hall–Kier alpha value is -1.92. The molecule has 0 atom stereocenters. The first-order valence-corrected chi connectivity index (χ1v) is 5.22. The average molecular weight is 232 g/mol. The summed E-state index contributed by atoms with van der Waals surface area (Å²) >= 11 is 5.84. The van der Waals surface area contributed by atoms with Crippen LogP contribution in [0.5, 0.6) is 0 Å². The van der Waals surface area contributed by atoms with Gasteiger partial charge >= 0.3 is 0 Å². The van der Waals surface area contributed by atoms with Crippen molar-refractivity contribution < 1.29 is 0 Å². The minimum Gasteiger partial charge on any atom is -0.381 e. The van der Waals surface area contributed by atoms with Gasteiger partial charge < -0.3 is 10.3 Å². The van der Waals surface area contributed by atoms with Crippen molar-refractivity contribution >= 4 is 17.3 Å². The van der Waals surface area contributed by atoms with Gasteiger partial charge in [0.05, 0.1) is 10.6 Å². The van der Waals surface area contributed by atoms with Crippen LogP contribution in [-0.4, -0.2) is 4.98 Å². The first-order chi connectivity index (χ1) is 7.79. The van der Waals surface area contributed by atoms with Gasteiger partial charge in [0, 0.05) is 24.6 Å². The highest BCUT2D eigenvalue weighted by Gasteiger charge is 2.00. The van der Waals surface area contributed by atoms with Crippen LogP contribution in [0.15, 0.2) is 36.7 Å². The Bertz CT molecular complexity index is 512. The number of H-pyrrole nitrogens is 1. The van der Waals surface area contributed by atoms with Crippen molar-refractivity contribution in [3.8, 4) is 6.07 Å².